The van der Waals surface area contributed by atoms with Gasteiger partial charge < -0.3 is 4.74 Å². The summed E-state index contributed by atoms with van der Waals surface area (Å²) in [5.74, 6) is 0.832. The van der Waals surface area contributed by atoms with Crippen molar-refractivity contribution < 1.29 is 4.74 Å². The standard InChI is InChI=1S/C18H24N6O/c1-11-9-19-13(3)17-21-16(22-24(11)17)8-6-14-5-7-15-18(20-14)23(4)12(2)10-25-15/h5,7,9,12,15,18H,6,8,10H2,1-4H3. The molecule has 132 valence electrons. The predicted molar refractivity (Wildman–Crippen MR) is 95.9 cm³/mol. The van der Waals surface area contributed by atoms with Crippen molar-refractivity contribution in [2.75, 3.05) is 13.7 Å². The maximum Gasteiger partial charge on any atom is 0.177 e. The van der Waals surface area contributed by atoms with Crippen LogP contribution in [0, 0.1) is 13.8 Å². The SMILES string of the molecule is Cc1ncc(C)n2nc(CCC3=NC4C(C=C3)OCC(C)N4C)nc12. The van der Waals surface area contributed by atoms with Crippen LogP contribution in [0.5, 0.6) is 0 Å². The van der Waals surface area contributed by atoms with Gasteiger partial charge in [0.1, 0.15) is 12.3 Å². The second-order valence-electron chi connectivity index (χ2n) is 6.95. The highest BCUT2D eigenvalue weighted by Gasteiger charge is 2.34. The Hall–Kier alpha value is -2.12. The van der Waals surface area contributed by atoms with E-state index < -0.39 is 0 Å². The van der Waals surface area contributed by atoms with Crippen molar-refractivity contribution in [3.63, 3.8) is 0 Å². The zero-order chi connectivity index (χ0) is 17.6. The van der Waals surface area contributed by atoms with Gasteiger partial charge >= 0.3 is 0 Å². The minimum atomic E-state index is 0.0645. The van der Waals surface area contributed by atoms with Crippen molar-refractivity contribution in [1.29, 1.82) is 0 Å². The summed E-state index contributed by atoms with van der Waals surface area (Å²) in [6, 6.07) is 0.385. The summed E-state index contributed by atoms with van der Waals surface area (Å²) in [7, 11) is 2.12. The molecule has 4 rings (SSSR count). The molecular weight excluding hydrogens is 316 g/mol. The molecule has 7 nitrogen and oxygen atoms in total. The molecule has 7 heteroatoms. The van der Waals surface area contributed by atoms with E-state index in [1.807, 2.05) is 24.6 Å². The molecule has 0 aliphatic carbocycles. The molecule has 0 amide bonds. The number of allylic oxidation sites excluding steroid dienone is 1. The summed E-state index contributed by atoms with van der Waals surface area (Å²) in [6.07, 6.45) is 7.77. The Morgan fingerprint density at radius 1 is 1.28 bits per heavy atom. The van der Waals surface area contributed by atoms with E-state index in [4.69, 9.17) is 9.73 Å². The van der Waals surface area contributed by atoms with Crippen LogP contribution >= 0.6 is 0 Å². The summed E-state index contributed by atoms with van der Waals surface area (Å²) >= 11 is 0. The average Bonchev–Trinajstić information content (AvgIpc) is 3.05. The number of hydrogen-bond donors (Lipinski definition) is 0. The Kier molecular flexibility index (Phi) is 4.13. The third-order valence-corrected chi connectivity index (χ3v) is 5.07. The zero-order valence-electron chi connectivity index (χ0n) is 15.2. The lowest BCUT2D eigenvalue weighted by molar-refractivity contribution is -0.0646. The van der Waals surface area contributed by atoms with Gasteiger partial charge in [0.05, 0.1) is 18.0 Å². The molecule has 3 atom stereocenters. The highest BCUT2D eigenvalue weighted by atomic mass is 16.5. The fourth-order valence-electron chi connectivity index (χ4n) is 3.32. The Bertz CT molecular complexity index is 816. The van der Waals surface area contributed by atoms with Crippen molar-refractivity contribution in [3.05, 3.63) is 35.6 Å². The number of hydrogen-bond acceptors (Lipinski definition) is 6. The van der Waals surface area contributed by atoms with Gasteiger partial charge in [0.2, 0.25) is 0 Å². The van der Waals surface area contributed by atoms with Crippen LogP contribution in [0.1, 0.15) is 30.6 Å². The fraction of sp³-hybridized carbons (Fsp3) is 0.556. The van der Waals surface area contributed by atoms with Crippen molar-refractivity contribution in [2.45, 2.75) is 51.9 Å². The van der Waals surface area contributed by atoms with Gasteiger partial charge in [0.15, 0.2) is 11.5 Å². The van der Waals surface area contributed by atoms with Gasteiger partial charge in [-0.15, -0.1) is 0 Å². The van der Waals surface area contributed by atoms with E-state index in [-0.39, 0.29) is 12.3 Å². The molecule has 4 heterocycles. The van der Waals surface area contributed by atoms with Crippen LogP contribution in [0.3, 0.4) is 0 Å². The lowest BCUT2D eigenvalue weighted by Gasteiger charge is -2.41. The topological polar surface area (TPSA) is 67.9 Å². The number of likely N-dealkylation sites (N-methyl/N-ethyl adjacent to an activating group) is 1. The average molecular weight is 340 g/mol. The van der Waals surface area contributed by atoms with E-state index in [1.54, 1.807) is 0 Å². The first kappa shape index (κ1) is 16.4. The summed E-state index contributed by atoms with van der Waals surface area (Å²) < 4.78 is 7.74. The normalized spacial score (nSPS) is 26.7. The molecule has 2 aliphatic rings. The molecule has 0 radical (unpaired) electrons. The van der Waals surface area contributed by atoms with Crippen LogP contribution in [0.4, 0.5) is 0 Å². The van der Waals surface area contributed by atoms with Crippen LogP contribution in [0.15, 0.2) is 23.3 Å². The lowest BCUT2D eigenvalue weighted by atomic mass is 10.1. The van der Waals surface area contributed by atoms with Crippen molar-refractivity contribution in [3.8, 4) is 0 Å². The van der Waals surface area contributed by atoms with Crippen LogP contribution in [-0.4, -0.2) is 62.2 Å². The number of nitrogens with zero attached hydrogens (tertiary/aromatic N) is 6. The van der Waals surface area contributed by atoms with Crippen LogP contribution in [-0.2, 0) is 11.2 Å². The Morgan fingerprint density at radius 3 is 2.92 bits per heavy atom. The molecule has 2 aliphatic heterocycles. The molecule has 25 heavy (non-hydrogen) atoms. The molecular formula is C18H24N6O. The smallest absolute Gasteiger partial charge is 0.177 e. The number of aliphatic imine (C=N–C) groups is 1. The van der Waals surface area contributed by atoms with E-state index in [0.29, 0.717) is 6.04 Å². The maximum atomic E-state index is 5.87. The van der Waals surface area contributed by atoms with Crippen LogP contribution in [0.25, 0.3) is 5.65 Å². The summed E-state index contributed by atoms with van der Waals surface area (Å²) in [5.41, 5.74) is 3.81. The van der Waals surface area contributed by atoms with E-state index in [1.165, 1.54) is 0 Å². The summed E-state index contributed by atoms with van der Waals surface area (Å²) in [4.78, 5) is 16.2. The number of rotatable bonds is 3. The summed E-state index contributed by atoms with van der Waals surface area (Å²) in [5, 5.41) is 4.62. The first-order chi connectivity index (χ1) is 12.0. The molecule has 3 unspecified atom stereocenters. The van der Waals surface area contributed by atoms with Gasteiger partial charge in [0, 0.05) is 24.4 Å². The molecule has 1 saturated heterocycles. The Morgan fingerprint density at radius 2 is 2.12 bits per heavy atom. The second-order valence-corrected chi connectivity index (χ2v) is 6.95. The van der Waals surface area contributed by atoms with Gasteiger partial charge in [-0.1, -0.05) is 6.08 Å². The van der Waals surface area contributed by atoms with E-state index in [2.05, 4.69) is 46.1 Å². The molecule has 2 aromatic rings. The molecule has 0 bridgehead atoms. The van der Waals surface area contributed by atoms with Gasteiger partial charge in [0.25, 0.3) is 0 Å². The quantitative estimate of drug-likeness (QED) is 0.851. The van der Waals surface area contributed by atoms with Crippen LogP contribution < -0.4 is 0 Å². The summed E-state index contributed by atoms with van der Waals surface area (Å²) in [6.45, 7) is 6.88. The number of dihydropyridines is 1. The minimum Gasteiger partial charge on any atom is -0.369 e. The monoisotopic (exact) mass is 340 g/mol. The van der Waals surface area contributed by atoms with Gasteiger partial charge in [-0.25, -0.2) is 9.50 Å². The highest BCUT2D eigenvalue weighted by molar-refractivity contribution is 5.96. The van der Waals surface area contributed by atoms with Crippen molar-refractivity contribution in [1.82, 2.24) is 24.5 Å². The Labute approximate surface area is 147 Å². The predicted octanol–water partition coefficient (Wildman–Crippen LogP) is 1.73. The van der Waals surface area contributed by atoms with E-state index in [9.17, 15) is 0 Å². The largest absolute Gasteiger partial charge is 0.369 e. The number of aromatic nitrogens is 4. The number of fused-ring (bicyclic) bond motifs is 2. The van der Waals surface area contributed by atoms with E-state index >= 15 is 0 Å². The highest BCUT2D eigenvalue weighted by Crippen LogP contribution is 2.23. The third-order valence-electron chi connectivity index (χ3n) is 5.07. The molecule has 0 saturated carbocycles. The van der Waals surface area contributed by atoms with Gasteiger partial charge in [-0.2, -0.15) is 5.10 Å². The van der Waals surface area contributed by atoms with E-state index in [0.717, 1.165) is 48.0 Å². The molecule has 0 N–H and O–H groups in total. The first-order valence-electron chi connectivity index (χ1n) is 8.79. The van der Waals surface area contributed by atoms with Crippen molar-refractivity contribution >= 4 is 11.4 Å². The Balaban J connectivity index is 1.50. The molecule has 0 spiro atoms. The molecule has 0 aromatic carbocycles. The minimum absolute atomic E-state index is 0.0645. The maximum absolute atomic E-state index is 5.87. The third kappa shape index (κ3) is 2.98. The second kappa shape index (κ2) is 6.31. The fourth-order valence-corrected chi connectivity index (χ4v) is 3.32. The number of ether oxygens (including phenoxy) is 1. The molecule has 2 aromatic heterocycles. The number of aryl methyl sites for hydroxylation is 3. The first-order valence-corrected chi connectivity index (χ1v) is 8.79. The lowest BCUT2D eigenvalue weighted by Crippen LogP contribution is -2.53. The number of morpholine rings is 1. The van der Waals surface area contributed by atoms with Crippen molar-refractivity contribution in [2.24, 2.45) is 4.99 Å². The van der Waals surface area contributed by atoms with Gasteiger partial charge in [-0.3, -0.25) is 14.9 Å². The molecule has 1 fully saturated rings. The van der Waals surface area contributed by atoms with Crippen LogP contribution in [0.2, 0.25) is 0 Å². The van der Waals surface area contributed by atoms with Gasteiger partial charge in [-0.05, 0) is 40.3 Å². The zero-order valence-corrected chi connectivity index (χ0v) is 15.2.